The molecule has 1 aromatic heterocycles. The first-order chi connectivity index (χ1) is 8.50. The number of aryl methyl sites for hydroxylation is 1. The quantitative estimate of drug-likeness (QED) is 0.827. The zero-order valence-electron chi connectivity index (χ0n) is 10.7. The van der Waals surface area contributed by atoms with E-state index in [1.807, 2.05) is 26.0 Å². The Morgan fingerprint density at radius 3 is 2.44 bits per heavy atom. The van der Waals surface area contributed by atoms with Crippen molar-refractivity contribution < 1.29 is 14.7 Å². The summed E-state index contributed by atoms with van der Waals surface area (Å²) in [5, 5.41) is 8.76. The largest absolute Gasteiger partial charge is 0.480 e. The van der Waals surface area contributed by atoms with Crippen LogP contribution in [0.5, 0.6) is 0 Å². The topological polar surface area (TPSA) is 70.5 Å². The molecule has 0 saturated heterocycles. The molecule has 1 heterocycles. The van der Waals surface area contributed by atoms with Gasteiger partial charge < -0.3 is 10.0 Å². The number of carbonyl (C=O) groups is 2. The van der Waals surface area contributed by atoms with Gasteiger partial charge in [-0.25, -0.2) is 0 Å². The van der Waals surface area contributed by atoms with E-state index in [4.69, 9.17) is 5.11 Å². The molecule has 18 heavy (non-hydrogen) atoms. The van der Waals surface area contributed by atoms with Crippen molar-refractivity contribution in [2.24, 2.45) is 0 Å². The molecule has 1 rings (SSSR count). The number of hydrogen-bond acceptors (Lipinski definition) is 3. The third kappa shape index (κ3) is 4.53. The summed E-state index contributed by atoms with van der Waals surface area (Å²) in [7, 11) is 0. The Hall–Kier alpha value is -1.91. The summed E-state index contributed by atoms with van der Waals surface area (Å²) >= 11 is 0. The predicted molar refractivity (Wildman–Crippen MR) is 67.0 cm³/mol. The normalized spacial score (nSPS) is 10.4. The number of rotatable bonds is 6. The van der Waals surface area contributed by atoms with Gasteiger partial charge in [-0.15, -0.1) is 0 Å². The van der Waals surface area contributed by atoms with Crippen LogP contribution in [0.25, 0.3) is 0 Å². The second-order valence-electron chi connectivity index (χ2n) is 4.36. The second kappa shape index (κ2) is 6.74. The van der Waals surface area contributed by atoms with E-state index in [0.29, 0.717) is 12.8 Å². The first kappa shape index (κ1) is 14.2. The molecular formula is C13H18N2O3. The van der Waals surface area contributed by atoms with Crippen molar-refractivity contribution in [2.75, 3.05) is 6.54 Å². The lowest BCUT2D eigenvalue weighted by Crippen LogP contribution is -2.40. The van der Waals surface area contributed by atoms with Gasteiger partial charge in [0.2, 0.25) is 5.91 Å². The molecule has 1 N–H and O–H groups in total. The van der Waals surface area contributed by atoms with Crippen LogP contribution in [0.3, 0.4) is 0 Å². The summed E-state index contributed by atoms with van der Waals surface area (Å²) in [4.78, 5) is 27.9. The van der Waals surface area contributed by atoms with Crippen molar-refractivity contribution in [1.29, 1.82) is 0 Å². The summed E-state index contributed by atoms with van der Waals surface area (Å²) in [5.74, 6) is -1.12. The zero-order chi connectivity index (χ0) is 13.5. The van der Waals surface area contributed by atoms with Crippen molar-refractivity contribution in [1.82, 2.24) is 9.88 Å². The first-order valence-electron chi connectivity index (χ1n) is 5.91. The molecule has 0 radical (unpaired) electrons. The summed E-state index contributed by atoms with van der Waals surface area (Å²) < 4.78 is 0. The number of carboxylic acids is 1. The second-order valence-corrected chi connectivity index (χ2v) is 4.36. The molecule has 0 aliphatic rings. The van der Waals surface area contributed by atoms with E-state index < -0.39 is 5.97 Å². The van der Waals surface area contributed by atoms with Gasteiger partial charge in [0, 0.05) is 24.9 Å². The lowest BCUT2D eigenvalue weighted by Gasteiger charge is -2.24. The SMILES string of the molecule is CC(C)N(CC(=O)O)C(=O)CCc1ccncc1. The van der Waals surface area contributed by atoms with E-state index in [1.165, 1.54) is 4.90 Å². The first-order valence-corrected chi connectivity index (χ1v) is 5.91. The number of nitrogens with zero attached hydrogens (tertiary/aromatic N) is 2. The molecule has 0 aliphatic carbocycles. The highest BCUT2D eigenvalue weighted by Crippen LogP contribution is 2.06. The van der Waals surface area contributed by atoms with Crippen LogP contribution in [-0.4, -0.2) is 39.5 Å². The molecule has 5 heteroatoms. The van der Waals surface area contributed by atoms with Gasteiger partial charge in [-0.2, -0.15) is 0 Å². The number of aliphatic carboxylic acids is 1. The van der Waals surface area contributed by atoms with Gasteiger partial charge in [0.05, 0.1) is 0 Å². The van der Waals surface area contributed by atoms with E-state index in [1.54, 1.807) is 12.4 Å². The van der Waals surface area contributed by atoms with Crippen LogP contribution in [0, 0.1) is 0 Å². The molecule has 0 atom stereocenters. The molecule has 0 bridgehead atoms. The fourth-order valence-corrected chi connectivity index (χ4v) is 1.65. The van der Waals surface area contributed by atoms with Crippen molar-refractivity contribution in [3.8, 4) is 0 Å². The lowest BCUT2D eigenvalue weighted by atomic mass is 10.1. The predicted octanol–water partition coefficient (Wildman–Crippen LogP) is 1.34. The van der Waals surface area contributed by atoms with Crippen LogP contribution in [0.1, 0.15) is 25.8 Å². The highest BCUT2D eigenvalue weighted by Gasteiger charge is 2.19. The van der Waals surface area contributed by atoms with Gasteiger partial charge in [-0.3, -0.25) is 14.6 Å². The number of carboxylic acid groups (broad SMARTS) is 1. The number of pyridine rings is 1. The van der Waals surface area contributed by atoms with E-state index in [0.717, 1.165) is 5.56 Å². The standard InChI is InChI=1S/C13H18N2O3/c1-10(2)15(9-13(17)18)12(16)4-3-11-5-7-14-8-6-11/h5-8,10H,3-4,9H2,1-2H3,(H,17,18). The third-order valence-corrected chi connectivity index (χ3v) is 2.63. The maximum Gasteiger partial charge on any atom is 0.323 e. The van der Waals surface area contributed by atoms with Crippen LogP contribution < -0.4 is 0 Å². The Bertz CT molecular complexity index is 404. The fourth-order valence-electron chi connectivity index (χ4n) is 1.65. The zero-order valence-corrected chi connectivity index (χ0v) is 10.7. The van der Waals surface area contributed by atoms with Gasteiger partial charge in [0.15, 0.2) is 0 Å². The van der Waals surface area contributed by atoms with Crippen LogP contribution in [0.15, 0.2) is 24.5 Å². The van der Waals surface area contributed by atoms with E-state index >= 15 is 0 Å². The Labute approximate surface area is 106 Å². The molecule has 5 nitrogen and oxygen atoms in total. The van der Waals surface area contributed by atoms with Gasteiger partial charge in [0.25, 0.3) is 0 Å². The van der Waals surface area contributed by atoms with Crippen molar-refractivity contribution in [2.45, 2.75) is 32.7 Å². The average Bonchev–Trinajstić information content (AvgIpc) is 2.34. The molecule has 0 spiro atoms. The maximum absolute atomic E-state index is 11.9. The van der Waals surface area contributed by atoms with Gasteiger partial charge in [-0.1, -0.05) is 0 Å². The Kier molecular flexibility index (Phi) is 5.30. The maximum atomic E-state index is 11.9. The highest BCUT2D eigenvalue weighted by atomic mass is 16.4. The molecular weight excluding hydrogens is 232 g/mol. The highest BCUT2D eigenvalue weighted by molar-refractivity contribution is 5.81. The molecule has 98 valence electrons. The molecule has 0 aliphatic heterocycles. The minimum absolute atomic E-state index is 0.106. The summed E-state index contributed by atoms with van der Waals surface area (Å²) in [5.41, 5.74) is 1.03. The summed E-state index contributed by atoms with van der Waals surface area (Å²) in [6.07, 6.45) is 4.27. The molecule has 0 fully saturated rings. The molecule has 0 aromatic carbocycles. The van der Waals surface area contributed by atoms with Crippen molar-refractivity contribution >= 4 is 11.9 Å². The van der Waals surface area contributed by atoms with E-state index in [2.05, 4.69) is 4.98 Å². The van der Waals surface area contributed by atoms with Crippen LogP contribution >= 0.6 is 0 Å². The number of amides is 1. The third-order valence-electron chi connectivity index (χ3n) is 2.63. The van der Waals surface area contributed by atoms with Crippen LogP contribution in [0.4, 0.5) is 0 Å². The minimum Gasteiger partial charge on any atom is -0.480 e. The Morgan fingerprint density at radius 2 is 1.94 bits per heavy atom. The number of carbonyl (C=O) groups excluding carboxylic acids is 1. The van der Waals surface area contributed by atoms with E-state index in [9.17, 15) is 9.59 Å². The van der Waals surface area contributed by atoms with Gasteiger partial charge in [0.1, 0.15) is 6.54 Å². The minimum atomic E-state index is -0.985. The van der Waals surface area contributed by atoms with Crippen LogP contribution in [0.2, 0.25) is 0 Å². The summed E-state index contributed by atoms with van der Waals surface area (Å²) in [6, 6.07) is 3.60. The fraction of sp³-hybridized carbons (Fsp3) is 0.462. The Morgan fingerprint density at radius 1 is 1.33 bits per heavy atom. The smallest absolute Gasteiger partial charge is 0.323 e. The van der Waals surface area contributed by atoms with E-state index in [-0.39, 0.29) is 18.5 Å². The van der Waals surface area contributed by atoms with Crippen molar-refractivity contribution in [3.63, 3.8) is 0 Å². The molecule has 0 saturated carbocycles. The van der Waals surface area contributed by atoms with Gasteiger partial charge in [-0.05, 0) is 38.0 Å². The number of hydrogen-bond donors (Lipinski definition) is 1. The Balaban J connectivity index is 2.54. The molecule has 1 amide bonds. The summed E-state index contributed by atoms with van der Waals surface area (Å²) in [6.45, 7) is 3.38. The molecule has 1 aromatic rings. The monoisotopic (exact) mass is 250 g/mol. The molecule has 0 unspecified atom stereocenters. The lowest BCUT2D eigenvalue weighted by molar-refractivity contribution is -0.145. The van der Waals surface area contributed by atoms with Crippen LogP contribution in [-0.2, 0) is 16.0 Å². The van der Waals surface area contributed by atoms with Gasteiger partial charge >= 0.3 is 5.97 Å². The average molecular weight is 250 g/mol. The van der Waals surface area contributed by atoms with Crippen molar-refractivity contribution in [3.05, 3.63) is 30.1 Å². The number of aromatic nitrogens is 1.